The lowest BCUT2D eigenvalue weighted by Gasteiger charge is -2.17. The van der Waals surface area contributed by atoms with Crippen LogP contribution in [0.5, 0.6) is 0 Å². The Bertz CT molecular complexity index is 800. The fraction of sp³-hybridized carbons (Fsp3) is 0.471. The third-order valence-corrected chi connectivity index (χ3v) is 5.47. The normalized spacial score (nSPS) is 18.2. The number of nitrogens with zero attached hydrogens (tertiary/aromatic N) is 2. The van der Waals surface area contributed by atoms with E-state index in [9.17, 15) is 14.7 Å². The highest BCUT2D eigenvalue weighted by atomic mass is 32.1. The molecule has 6 heteroatoms. The van der Waals surface area contributed by atoms with Crippen molar-refractivity contribution in [2.75, 3.05) is 0 Å². The number of rotatable bonds is 3. The Morgan fingerprint density at radius 2 is 1.96 bits per heavy atom. The Kier molecular flexibility index (Phi) is 4.61. The molecule has 1 N–H and O–H groups in total. The number of hydrogen-bond donors (Lipinski definition) is 1. The van der Waals surface area contributed by atoms with Crippen molar-refractivity contribution >= 4 is 33.4 Å². The van der Waals surface area contributed by atoms with E-state index in [4.69, 9.17) is 0 Å². The van der Waals surface area contributed by atoms with Crippen LogP contribution in [0.25, 0.3) is 10.2 Å². The second-order valence-electron chi connectivity index (χ2n) is 6.02. The molecule has 0 spiro atoms. The molecule has 0 aliphatic heterocycles. The summed E-state index contributed by atoms with van der Waals surface area (Å²) in [6, 6.07) is 6.81. The Labute approximate surface area is 138 Å². The molecule has 1 aliphatic carbocycles. The third-order valence-electron chi connectivity index (χ3n) is 4.44. The molecule has 23 heavy (non-hydrogen) atoms. The summed E-state index contributed by atoms with van der Waals surface area (Å²) < 4.78 is 2.60. The minimum absolute atomic E-state index is 0.0115. The van der Waals surface area contributed by atoms with Gasteiger partial charge in [0.15, 0.2) is 4.80 Å². The lowest BCUT2D eigenvalue weighted by molar-refractivity contribution is -0.140. The van der Waals surface area contributed by atoms with Crippen LogP contribution in [-0.2, 0) is 9.59 Å². The molecule has 5 nitrogen and oxygen atoms in total. The molecule has 122 valence electrons. The molecule has 1 amide bonds. The van der Waals surface area contributed by atoms with Crippen LogP contribution < -0.4 is 4.80 Å². The molecule has 1 aromatic heterocycles. The van der Waals surface area contributed by atoms with Crippen molar-refractivity contribution in [1.82, 2.24) is 4.57 Å². The van der Waals surface area contributed by atoms with Crippen LogP contribution in [0.4, 0.5) is 0 Å². The first kappa shape index (κ1) is 15.9. The van der Waals surface area contributed by atoms with E-state index in [2.05, 4.69) is 4.99 Å². The molecule has 1 saturated carbocycles. The van der Waals surface area contributed by atoms with Gasteiger partial charge >= 0.3 is 5.97 Å². The maximum Gasteiger partial charge on any atom is 0.326 e. The van der Waals surface area contributed by atoms with Gasteiger partial charge in [0, 0.05) is 5.92 Å². The zero-order chi connectivity index (χ0) is 16.4. The van der Waals surface area contributed by atoms with E-state index in [-0.39, 0.29) is 11.8 Å². The lowest BCUT2D eigenvalue weighted by atomic mass is 9.89. The van der Waals surface area contributed by atoms with Crippen molar-refractivity contribution in [2.24, 2.45) is 10.9 Å². The van der Waals surface area contributed by atoms with Crippen LogP contribution in [0, 0.1) is 5.92 Å². The molecule has 3 rings (SSSR count). The fourth-order valence-electron chi connectivity index (χ4n) is 3.09. The van der Waals surface area contributed by atoms with E-state index < -0.39 is 12.0 Å². The van der Waals surface area contributed by atoms with Gasteiger partial charge in [-0.1, -0.05) is 42.7 Å². The summed E-state index contributed by atoms with van der Waals surface area (Å²) in [4.78, 5) is 28.7. The van der Waals surface area contributed by atoms with Gasteiger partial charge in [-0.05, 0) is 31.9 Å². The average Bonchev–Trinajstić information content (AvgIpc) is 2.92. The highest BCUT2D eigenvalue weighted by Crippen LogP contribution is 2.25. The van der Waals surface area contributed by atoms with Gasteiger partial charge in [-0.2, -0.15) is 4.99 Å². The standard InChI is InChI=1S/C17H20N2O3S/c1-11(16(21)22)19-13-9-5-6-10-14(13)23-17(19)18-15(20)12-7-3-2-4-8-12/h5-6,9-12H,2-4,7-8H2,1H3,(H,21,22). The maximum atomic E-state index is 12.5. The number of fused-ring (bicyclic) bond motifs is 1. The fourth-order valence-corrected chi connectivity index (χ4v) is 4.19. The van der Waals surface area contributed by atoms with E-state index in [1.54, 1.807) is 11.5 Å². The van der Waals surface area contributed by atoms with Crippen molar-refractivity contribution in [3.63, 3.8) is 0 Å². The molecular weight excluding hydrogens is 312 g/mol. The molecule has 0 bridgehead atoms. The zero-order valence-corrected chi connectivity index (χ0v) is 13.9. The Hall–Kier alpha value is -1.95. The third kappa shape index (κ3) is 3.22. The summed E-state index contributed by atoms with van der Waals surface area (Å²) >= 11 is 1.37. The van der Waals surface area contributed by atoms with Crippen molar-refractivity contribution in [3.05, 3.63) is 29.1 Å². The first-order chi connectivity index (χ1) is 11.1. The predicted octanol–water partition coefficient (Wildman–Crippen LogP) is 3.36. The highest BCUT2D eigenvalue weighted by molar-refractivity contribution is 7.16. The van der Waals surface area contributed by atoms with Crippen molar-refractivity contribution in [3.8, 4) is 0 Å². The first-order valence-electron chi connectivity index (χ1n) is 7.99. The molecule has 1 heterocycles. The summed E-state index contributed by atoms with van der Waals surface area (Å²) in [7, 11) is 0. The number of carboxylic acids is 1. The van der Waals surface area contributed by atoms with Gasteiger partial charge in [-0.25, -0.2) is 4.79 Å². The van der Waals surface area contributed by atoms with E-state index in [1.807, 2.05) is 24.3 Å². The summed E-state index contributed by atoms with van der Waals surface area (Å²) in [5.41, 5.74) is 0.808. The molecular formula is C17H20N2O3S. The van der Waals surface area contributed by atoms with Crippen LogP contribution in [0.1, 0.15) is 45.1 Å². The molecule has 0 saturated heterocycles. The van der Waals surface area contributed by atoms with E-state index in [1.165, 1.54) is 17.8 Å². The number of carbonyl (C=O) groups excluding carboxylic acids is 1. The van der Waals surface area contributed by atoms with Gasteiger partial charge in [0.25, 0.3) is 5.91 Å². The van der Waals surface area contributed by atoms with E-state index >= 15 is 0 Å². The molecule has 1 fully saturated rings. The van der Waals surface area contributed by atoms with Gasteiger partial charge in [0.1, 0.15) is 6.04 Å². The Morgan fingerprint density at radius 1 is 1.26 bits per heavy atom. The van der Waals surface area contributed by atoms with Crippen molar-refractivity contribution in [1.29, 1.82) is 0 Å². The SMILES string of the molecule is CC(C(=O)O)n1c(=NC(=O)C2CCCCC2)sc2ccccc21. The van der Waals surface area contributed by atoms with Crippen LogP contribution in [-0.4, -0.2) is 21.6 Å². The molecule has 2 aromatic rings. The maximum absolute atomic E-state index is 12.5. The lowest BCUT2D eigenvalue weighted by Crippen LogP contribution is -2.27. The monoisotopic (exact) mass is 332 g/mol. The molecule has 1 aliphatic rings. The van der Waals surface area contributed by atoms with Crippen LogP contribution in [0.15, 0.2) is 29.3 Å². The summed E-state index contributed by atoms with van der Waals surface area (Å²) in [6.07, 6.45) is 5.11. The number of aromatic nitrogens is 1. The van der Waals surface area contributed by atoms with E-state index in [0.717, 1.165) is 35.9 Å². The number of carbonyl (C=O) groups is 2. The number of hydrogen-bond acceptors (Lipinski definition) is 3. The number of aliphatic carboxylic acids is 1. The van der Waals surface area contributed by atoms with E-state index in [0.29, 0.717) is 4.80 Å². The summed E-state index contributed by atoms with van der Waals surface area (Å²) in [5, 5.41) is 9.38. The second-order valence-corrected chi connectivity index (χ2v) is 7.03. The van der Waals surface area contributed by atoms with Gasteiger partial charge in [0.2, 0.25) is 0 Å². The number of benzene rings is 1. The van der Waals surface area contributed by atoms with Gasteiger partial charge in [-0.3, -0.25) is 4.79 Å². The largest absolute Gasteiger partial charge is 0.480 e. The van der Waals surface area contributed by atoms with Crippen LogP contribution >= 0.6 is 11.3 Å². The van der Waals surface area contributed by atoms with Gasteiger partial charge < -0.3 is 9.67 Å². The predicted molar refractivity (Wildman–Crippen MR) is 89.3 cm³/mol. The molecule has 1 aromatic carbocycles. The summed E-state index contributed by atoms with van der Waals surface area (Å²) in [6.45, 7) is 1.62. The van der Waals surface area contributed by atoms with Crippen molar-refractivity contribution < 1.29 is 14.7 Å². The number of carboxylic acid groups (broad SMARTS) is 1. The van der Waals surface area contributed by atoms with Crippen LogP contribution in [0.3, 0.4) is 0 Å². The minimum Gasteiger partial charge on any atom is -0.480 e. The second kappa shape index (κ2) is 6.66. The number of amides is 1. The number of para-hydroxylation sites is 1. The van der Waals surface area contributed by atoms with Crippen LogP contribution in [0.2, 0.25) is 0 Å². The minimum atomic E-state index is -0.930. The van der Waals surface area contributed by atoms with Crippen molar-refractivity contribution in [2.45, 2.75) is 45.1 Å². The Balaban J connectivity index is 2.08. The first-order valence-corrected chi connectivity index (χ1v) is 8.81. The van der Waals surface area contributed by atoms with Gasteiger partial charge in [0.05, 0.1) is 10.2 Å². The average molecular weight is 332 g/mol. The topological polar surface area (TPSA) is 71.7 Å². The smallest absolute Gasteiger partial charge is 0.326 e. The molecule has 0 radical (unpaired) electrons. The molecule has 1 atom stereocenters. The number of thiazole rings is 1. The molecule has 1 unspecified atom stereocenters. The summed E-state index contributed by atoms with van der Waals surface area (Å²) in [5.74, 6) is -1.05. The quantitative estimate of drug-likeness (QED) is 0.937. The Morgan fingerprint density at radius 3 is 2.65 bits per heavy atom. The highest BCUT2D eigenvalue weighted by Gasteiger charge is 2.23. The zero-order valence-electron chi connectivity index (χ0n) is 13.1. The van der Waals surface area contributed by atoms with Gasteiger partial charge in [-0.15, -0.1) is 0 Å².